The summed E-state index contributed by atoms with van der Waals surface area (Å²) in [5.41, 5.74) is 2.59. The zero-order chi connectivity index (χ0) is 19.5. The lowest BCUT2D eigenvalue weighted by Crippen LogP contribution is -2.15. The molecule has 0 amide bonds. The molecule has 3 aromatic carbocycles. The maximum atomic E-state index is 8.67. The molecule has 1 nitrogen and oxygen atoms in total. The Hall–Kier alpha value is -2.54. The summed E-state index contributed by atoms with van der Waals surface area (Å²) >= 11 is 0. The summed E-state index contributed by atoms with van der Waals surface area (Å²) in [6, 6.07) is 15.6. The SMILES string of the molecule is [2H]c1c([2H])c([2H])c(C(C)(C)C)c(-n2c3ccccc3c3ccccc32)c1[2H]. The highest BCUT2D eigenvalue weighted by molar-refractivity contribution is 6.09. The van der Waals surface area contributed by atoms with E-state index in [1.165, 1.54) is 0 Å². The predicted molar refractivity (Wildman–Crippen MR) is 99.5 cm³/mol. The van der Waals surface area contributed by atoms with E-state index in [2.05, 4.69) is 12.1 Å². The van der Waals surface area contributed by atoms with Crippen LogP contribution in [-0.2, 0) is 5.41 Å². The van der Waals surface area contributed by atoms with Crippen LogP contribution in [0.2, 0.25) is 0 Å². The van der Waals surface area contributed by atoms with E-state index in [1.54, 1.807) is 0 Å². The summed E-state index contributed by atoms with van der Waals surface area (Å²) in [4.78, 5) is 0. The van der Waals surface area contributed by atoms with Crippen LogP contribution in [0, 0.1) is 0 Å². The minimum absolute atomic E-state index is 0.00701. The van der Waals surface area contributed by atoms with Crippen LogP contribution in [0.15, 0.2) is 72.7 Å². The van der Waals surface area contributed by atoms with Crippen molar-refractivity contribution in [3.05, 3.63) is 78.3 Å². The van der Waals surface area contributed by atoms with E-state index in [0.29, 0.717) is 11.3 Å². The lowest BCUT2D eigenvalue weighted by molar-refractivity contribution is 0.587. The Morgan fingerprint density at radius 2 is 1.30 bits per heavy atom. The number of hydrogen-bond donors (Lipinski definition) is 0. The molecule has 4 aromatic rings. The second-order valence-corrected chi connectivity index (χ2v) is 6.84. The fourth-order valence-corrected chi connectivity index (χ4v) is 3.18. The maximum absolute atomic E-state index is 8.67. The Morgan fingerprint density at radius 3 is 1.87 bits per heavy atom. The van der Waals surface area contributed by atoms with Crippen LogP contribution in [-0.4, -0.2) is 4.57 Å². The van der Waals surface area contributed by atoms with E-state index in [9.17, 15) is 0 Å². The quantitative estimate of drug-likeness (QED) is 0.401. The van der Waals surface area contributed by atoms with Crippen molar-refractivity contribution in [2.75, 3.05) is 0 Å². The van der Waals surface area contributed by atoms with Crippen LogP contribution < -0.4 is 0 Å². The Bertz CT molecular complexity index is 1150. The molecule has 0 unspecified atom stereocenters. The molecule has 23 heavy (non-hydrogen) atoms. The molecule has 114 valence electrons. The van der Waals surface area contributed by atoms with Gasteiger partial charge in [0.05, 0.1) is 16.5 Å². The average Bonchev–Trinajstić information content (AvgIpc) is 2.96. The minimum Gasteiger partial charge on any atom is -0.309 e. The van der Waals surface area contributed by atoms with Gasteiger partial charge in [-0.2, -0.15) is 0 Å². The van der Waals surface area contributed by atoms with Crippen LogP contribution in [0.3, 0.4) is 0 Å². The minimum atomic E-state index is -0.446. The first-order valence-electron chi connectivity index (χ1n) is 9.83. The molecule has 0 spiro atoms. The van der Waals surface area contributed by atoms with Gasteiger partial charge in [0.25, 0.3) is 0 Å². The zero-order valence-electron chi connectivity index (χ0n) is 17.6. The van der Waals surface area contributed by atoms with Gasteiger partial charge in [-0.1, -0.05) is 75.3 Å². The number of fused-ring (bicyclic) bond motifs is 3. The summed E-state index contributed by atoms with van der Waals surface area (Å²) in [5.74, 6) is 0. The Kier molecular flexibility index (Phi) is 2.23. The van der Waals surface area contributed by atoms with Crippen LogP contribution in [0.5, 0.6) is 0 Å². The average molecular weight is 303 g/mol. The molecule has 0 N–H and O–H groups in total. The van der Waals surface area contributed by atoms with Gasteiger partial charge in [0.1, 0.15) is 0 Å². The molecule has 0 fully saturated rings. The molecule has 0 radical (unpaired) electrons. The van der Waals surface area contributed by atoms with Crippen molar-refractivity contribution in [1.29, 1.82) is 0 Å². The van der Waals surface area contributed by atoms with Crippen molar-refractivity contribution in [1.82, 2.24) is 4.57 Å². The highest BCUT2D eigenvalue weighted by atomic mass is 15.0. The number of rotatable bonds is 1. The van der Waals surface area contributed by atoms with Crippen molar-refractivity contribution >= 4 is 21.8 Å². The third kappa shape index (κ3) is 2.16. The van der Waals surface area contributed by atoms with E-state index >= 15 is 0 Å². The first-order valence-corrected chi connectivity index (χ1v) is 7.83. The molecule has 4 rings (SSSR count). The van der Waals surface area contributed by atoms with Gasteiger partial charge in [-0.3, -0.25) is 0 Å². The number of hydrogen-bond acceptors (Lipinski definition) is 0. The summed E-state index contributed by atoms with van der Waals surface area (Å²) < 4.78 is 35.6. The Morgan fingerprint density at radius 1 is 0.783 bits per heavy atom. The highest BCUT2D eigenvalue weighted by Crippen LogP contribution is 2.35. The molecular weight excluding hydrogens is 278 g/mol. The second kappa shape index (κ2) is 4.99. The monoisotopic (exact) mass is 303 g/mol. The molecule has 0 saturated carbocycles. The molecule has 1 heterocycles. The van der Waals surface area contributed by atoms with Gasteiger partial charge in [-0.15, -0.1) is 0 Å². The fourth-order valence-electron chi connectivity index (χ4n) is 3.18. The zero-order valence-corrected chi connectivity index (χ0v) is 13.6. The number of nitrogens with zero attached hydrogens (tertiary/aromatic N) is 1. The first kappa shape index (κ1) is 10.3. The van der Waals surface area contributed by atoms with Crippen molar-refractivity contribution in [2.24, 2.45) is 0 Å². The molecule has 0 saturated heterocycles. The third-order valence-corrected chi connectivity index (χ3v) is 4.22. The van der Waals surface area contributed by atoms with Gasteiger partial charge in [0.15, 0.2) is 0 Å². The summed E-state index contributed by atoms with van der Waals surface area (Å²) in [5, 5.41) is 2.14. The topological polar surface area (TPSA) is 4.93 Å². The van der Waals surface area contributed by atoms with Gasteiger partial charge in [0.2, 0.25) is 0 Å². The third-order valence-electron chi connectivity index (χ3n) is 4.22. The standard InChI is InChI=1S/C22H21N/c1-22(2,3)18-12-6-9-15-21(18)23-19-13-7-4-10-16(19)17-11-5-8-14-20(17)23/h4-15H,1-3H3/i6D,9D,12D,15D. The molecule has 0 atom stereocenters. The van der Waals surface area contributed by atoms with E-state index in [1.807, 2.05) is 61.7 Å². The smallest absolute Gasteiger partial charge is 0.0645 e. The normalized spacial score (nSPS) is 14.6. The fraction of sp³-hybridized carbons (Fsp3) is 0.182. The second-order valence-electron chi connectivity index (χ2n) is 6.84. The van der Waals surface area contributed by atoms with Crippen molar-refractivity contribution in [3.63, 3.8) is 0 Å². The molecule has 0 aliphatic rings. The molecule has 0 aliphatic heterocycles. The molecule has 1 heteroatoms. The van der Waals surface area contributed by atoms with Crippen molar-refractivity contribution in [2.45, 2.75) is 26.2 Å². The highest BCUT2D eigenvalue weighted by Gasteiger charge is 2.20. The van der Waals surface area contributed by atoms with Crippen LogP contribution >= 0.6 is 0 Å². The molecule has 1 aromatic heterocycles. The van der Waals surface area contributed by atoms with Crippen LogP contribution in [0.25, 0.3) is 27.5 Å². The van der Waals surface area contributed by atoms with Gasteiger partial charge in [-0.25, -0.2) is 0 Å². The predicted octanol–water partition coefficient (Wildman–Crippen LogP) is 6.08. The maximum Gasteiger partial charge on any atom is 0.0645 e. The largest absolute Gasteiger partial charge is 0.309 e. The van der Waals surface area contributed by atoms with Gasteiger partial charge in [-0.05, 0) is 29.2 Å². The van der Waals surface area contributed by atoms with Crippen LogP contribution in [0.4, 0.5) is 0 Å². The summed E-state index contributed by atoms with van der Waals surface area (Å²) in [6.07, 6.45) is 0. The molecular formula is C22H21N. The van der Waals surface area contributed by atoms with Gasteiger partial charge in [0, 0.05) is 16.5 Å². The van der Waals surface area contributed by atoms with Gasteiger partial charge < -0.3 is 4.57 Å². The van der Waals surface area contributed by atoms with E-state index in [0.717, 1.165) is 21.8 Å². The van der Waals surface area contributed by atoms with E-state index in [4.69, 9.17) is 5.48 Å². The Balaban J connectivity index is 2.30. The lowest BCUT2D eigenvalue weighted by Gasteiger charge is -2.24. The molecule has 0 aliphatic carbocycles. The summed E-state index contributed by atoms with van der Waals surface area (Å²) in [6.45, 7) is 5.96. The first-order chi connectivity index (χ1) is 12.7. The van der Waals surface area contributed by atoms with Crippen molar-refractivity contribution < 1.29 is 5.48 Å². The van der Waals surface area contributed by atoms with Crippen LogP contribution in [0.1, 0.15) is 31.8 Å². The number of para-hydroxylation sites is 3. The van der Waals surface area contributed by atoms with Gasteiger partial charge >= 0.3 is 0 Å². The lowest BCUT2D eigenvalue weighted by atomic mass is 9.85. The number of aromatic nitrogens is 1. The Labute approximate surface area is 142 Å². The van der Waals surface area contributed by atoms with E-state index < -0.39 is 5.41 Å². The number of benzene rings is 3. The van der Waals surface area contributed by atoms with Crippen molar-refractivity contribution in [3.8, 4) is 5.69 Å². The van der Waals surface area contributed by atoms with E-state index in [-0.39, 0.29) is 24.2 Å². The summed E-state index contributed by atoms with van der Waals surface area (Å²) in [7, 11) is 0. The molecule has 0 bridgehead atoms.